The predicted octanol–water partition coefficient (Wildman–Crippen LogP) is 2.07. The smallest absolute Gasteiger partial charge is 0.189 e. The van der Waals surface area contributed by atoms with Crippen molar-refractivity contribution in [3.63, 3.8) is 0 Å². The Morgan fingerprint density at radius 3 is 2.70 bits per heavy atom. The first-order valence-corrected chi connectivity index (χ1v) is 6.53. The number of benzene rings is 1. The summed E-state index contributed by atoms with van der Waals surface area (Å²) >= 11 is 0. The molecule has 1 saturated carbocycles. The van der Waals surface area contributed by atoms with Gasteiger partial charge in [0.05, 0.1) is 6.54 Å². The fraction of sp³-hybridized carbons (Fsp3) is 0.500. The molecule has 0 unspecified atom stereocenters. The molecule has 1 aromatic carbocycles. The molecular weight excluding hydrogens is 370 g/mol. The molecule has 4 nitrogen and oxygen atoms in total. The van der Waals surface area contributed by atoms with Gasteiger partial charge in [-0.1, -0.05) is 12.1 Å². The SMILES string of the molecule is CN(C)Cc1ccc(CN=C(N)NC2CC2)cc1F.I. The molecule has 0 aromatic heterocycles. The van der Waals surface area contributed by atoms with E-state index in [0.29, 0.717) is 30.7 Å². The lowest BCUT2D eigenvalue weighted by molar-refractivity contribution is 0.392. The molecule has 1 aliphatic rings. The predicted molar refractivity (Wildman–Crippen MR) is 90.7 cm³/mol. The van der Waals surface area contributed by atoms with E-state index >= 15 is 0 Å². The first kappa shape index (κ1) is 17.2. The molecule has 6 heteroatoms. The molecule has 20 heavy (non-hydrogen) atoms. The lowest BCUT2D eigenvalue weighted by Crippen LogP contribution is -2.33. The number of aliphatic imine (C=N–C) groups is 1. The summed E-state index contributed by atoms with van der Waals surface area (Å²) in [5.41, 5.74) is 7.26. The minimum absolute atomic E-state index is 0. The van der Waals surface area contributed by atoms with Crippen LogP contribution in [-0.4, -0.2) is 31.0 Å². The van der Waals surface area contributed by atoms with Gasteiger partial charge in [0.25, 0.3) is 0 Å². The van der Waals surface area contributed by atoms with Crippen LogP contribution in [0, 0.1) is 5.82 Å². The lowest BCUT2D eigenvalue weighted by atomic mass is 10.1. The number of nitrogens with one attached hydrogen (secondary N) is 1. The summed E-state index contributed by atoms with van der Waals surface area (Å²) in [4.78, 5) is 6.15. The Morgan fingerprint density at radius 1 is 1.45 bits per heavy atom. The molecule has 0 amide bonds. The minimum Gasteiger partial charge on any atom is -0.370 e. The van der Waals surface area contributed by atoms with Crippen LogP contribution in [0.4, 0.5) is 4.39 Å². The van der Waals surface area contributed by atoms with E-state index in [0.717, 1.165) is 18.4 Å². The molecule has 0 saturated heterocycles. The van der Waals surface area contributed by atoms with Crippen molar-refractivity contribution in [3.05, 3.63) is 35.1 Å². The van der Waals surface area contributed by atoms with Crippen LogP contribution in [0.15, 0.2) is 23.2 Å². The van der Waals surface area contributed by atoms with Crippen LogP contribution < -0.4 is 11.1 Å². The van der Waals surface area contributed by atoms with E-state index in [1.165, 1.54) is 6.07 Å². The number of guanidine groups is 1. The van der Waals surface area contributed by atoms with Crippen LogP contribution in [0.1, 0.15) is 24.0 Å². The third-order valence-corrected chi connectivity index (χ3v) is 2.97. The maximum Gasteiger partial charge on any atom is 0.189 e. The van der Waals surface area contributed by atoms with Crippen LogP contribution in [0.3, 0.4) is 0 Å². The van der Waals surface area contributed by atoms with Crippen LogP contribution in [0.25, 0.3) is 0 Å². The minimum atomic E-state index is -0.185. The van der Waals surface area contributed by atoms with Crippen molar-refractivity contribution in [2.24, 2.45) is 10.7 Å². The molecule has 1 fully saturated rings. The van der Waals surface area contributed by atoms with Gasteiger partial charge in [0.2, 0.25) is 0 Å². The summed E-state index contributed by atoms with van der Waals surface area (Å²) in [6, 6.07) is 5.73. The quantitative estimate of drug-likeness (QED) is 0.458. The van der Waals surface area contributed by atoms with Crippen molar-refractivity contribution in [3.8, 4) is 0 Å². The van der Waals surface area contributed by atoms with E-state index in [4.69, 9.17) is 5.73 Å². The van der Waals surface area contributed by atoms with Crippen molar-refractivity contribution in [1.82, 2.24) is 10.2 Å². The average Bonchev–Trinajstić information content (AvgIpc) is 3.13. The lowest BCUT2D eigenvalue weighted by Gasteiger charge is -2.11. The van der Waals surface area contributed by atoms with E-state index in [-0.39, 0.29) is 29.8 Å². The van der Waals surface area contributed by atoms with Crippen molar-refractivity contribution in [2.45, 2.75) is 32.0 Å². The molecule has 1 aromatic rings. The van der Waals surface area contributed by atoms with Gasteiger partial charge in [-0.05, 0) is 38.6 Å². The molecule has 0 bridgehead atoms. The number of halogens is 2. The standard InChI is InChI=1S/C14H21FN4.HI/c1-19(2)9-11-4-3-10(7-13(11)15)8-17-14(16)18-12-5-6-12;/h3-4,7,12H,5-6,8-9H2,1-2H3,(H3,16,17,18);1H. The van der Waals surface area contributed by atoms with Gasteiger partial charge >= 0.3 is 0 Å². The molecule has 0 heterocycles. The summed E-state index contributed by atoms with van der Waals surface area (Å²) in [6.07, 6.45) is 2.31. The van der Waals surface area contributed by atoms with Crippen LogP contribution in [-0.2, 0) is 13.1 Å². The number of hydrogen-bond acceptors (Lipinski definition) is 2. The summed E-state index contributed by atoms with van der Waals surface area (Å²) in [7, 11) is 3.84. The van der Waals surface area contributed by atoms with Crippen molar-refractivity contribution >= 4 is 29.9 Å². The van der Waals surface area contributed by atoms with E-state index in [2.05, 4.69) is 10.3 Å². The zero-order chi connectivity index (χ0) is 13.8. The number of rotatable bonds is 5. The summed E-state index contributed by atoms with van der Waals surface area (Å²) in [5, 5.41) is 3.10. The Morgan fingerprint density at radius 2 is 2.15 bits per heavy atom. The summed E-state index contributed by atoms with van der Waals surface area (Å²) in [6.45, 7) is 1.01. The van der Waals surface area contributed by atoms with Gasteiger partial charge in [0, 0.05) is 18.2 Å². The van der Waals surface area contributed by atoms with Gasteiger partial charge in [-0.2, -0.15) is 0 Å². The largest absolute Gasteiger partial charge is 0.370 e. The highest BCUT2D eigenvalue weighted by molar-refractivity contribution is 14.0. The second kappa shape index (κ2) is 7.78. The molecule has 0 aliphatic heterocycles. The second-order valence-corrected chi connectivity index (χ2v) is 5.28. The van der Waals surface area contributed by atoms with Crippen LogP contribution >= 0.6 is 24.0 Å². The van der Waals surface area contributed by atoms with Crippen LogP contribution in [0.5, 0.6) is 0 Å². The number of nitrogens with two attached hydrogens (primary N) is 1. The summed E-state index contributed by atoms with van der Waals surface area (Å²) in [5.74, 6) is 0.260. The average molecular weight is 392 g/mol. The van der Waals surface area contributed by atoms with E-state index < -0.39 is 0 Å². The summed E-state index contributed by atoms with van der Waals surface area (Å²) < 4.78 is 13.8. The fourth-order valence-electron chi connectivity index (χ4n) is 1.82. The van der Waals surface area contributed by atoms with E-state index in [1.54, 1.807) is 0 Å². The highest BCUT2D eigenvalue weighted by atomic mass is 127. The topological polar surface area (TPSA) is 53.6 Å². The molecular formula is C14H22FIN4. The molecule has 0 atom stereocenters. The molecule has 0 radical (unpaired) electrons. The van der Waals surface area contributed by atoms with Gasteiger partial charge in [-0.3, -0.25) is 0 Å². The first-order chi connectivity index (χ1) is 9.04. The Balaban J connectivity index is 0.00000200. The van der Waals surface area contributed by atoms with Crippen molar-refractivity contribution < 1.29 is 4.39 Å². The van der Waals surface area contributed by atoms with Crippen LogP contribution in [0.2, 0.25) is 0 Å². The third-order valence-electron chi connectivity index (χ3n) is 2.97. The van der Waals surface area contributed by atoms with E-state index in [9.17, 15) is 4.39 Å². The molecule has 0 spiro atoms. The number of nitrogens with zero attached hydrogens (tertiary/aromatic N) is 2. The third kappa shape index (κ3) is 5.62. The van der Waals surface area contributed by atoms with Gasteiger partial charge in [0.15, 0.2) is 5.96 Å². The van der Waals surface area contributed by atoms with Gasteiger partial charge in [-0.25, -0.2) is 9.38 Å². The Kier molecular flexibility index (Phi) is 6.67. The van der Waals surface area contributed by atoms with Gasteiger partial charge in [0.1, 0.15) is 5.82 Å². The molecule has 1 aliphatic carbocycles. The first-order valence-electron chi connectivity index (χ1n) is 6.53. The second-order valence-electron chi connectivity index (χ2n) is 5.28. The van der Waals surface area contributed by atoms with Crippen molar-refractivity contribution in [2.75, 3.05) is 14.1 Å². The highest BCUT2D eigenvalue weighted by Crippen LogP contribution is 2.18. The Bertz CT molecular complexity index is 472. The number of hydrogen-bond donors (Lipinski definition) is 2. The van der Waals surface area contributed by atoms with Gasteiger partial charge < -0.3 is 16.0 Å². The highest BCUT2D eigenvalue weighted by Gasteiger charge is 2.21. The maximum atomic E-state index is 13.8. The van der Waals surface area contributed by atoms with E-state index in [1.807, 2.05) is 31.1 Å². The zero-order valence-electron chi connectivity index (χ0n) is 11.9. The molecule has 3 N–H and O–H groups in total. The molecule has 112 valence electrons. The maximum absolute atomic E-state index is 13.8. The van der Waals surface area contributed by atoms with Gasteiger partial charge in [-0.15, -0.1) is 24.0 Å². The van der Waals surface area contributed by atoms with Crippen molar-refractivity contribution in [1.29, 1.82) is 0 Å². The zero-order valence-corrected chi connectivity index (χ0v) is 14.2. The molecule has 2 rings (SSSR count). The Labute approximate surface area is 136 Å². The fourth-order valence-corrected chi connectivity index (χ4v) is 1.82. The normalized spacial score (nSPS) is 15.1. The Hall–Kier alpha value is -0.890. The monoisotopic (exact) mass is 392 g/mol.